The molecular weight excluding hydrogens is 334 g/mol. The van der Waals surface area contributed by atoms with Gasteiger partial charge >= 0.3 is 5.97 Å². The summed E-state index contributed by atoms with van der Waals surface area (Å²) in [5, 5.41) is 10.8. The predicted octanol–water partition coefficient (Wildman–Crippen LogP) is 0.624. The second-order valence-electron chi connectivity index (χ2n) is 5.20. The van der Waals surface area contributed by atoms with E-state index >= 15 is 0 Å². The van der Waals surface area contributed by atoms with Crippen molar-refractivity contribution in [3.63, 3.8) is 0 Å². The molecule has 0 amide bonds. The van der Waals surface area contributed by atoms with Crippen molar-refractivity contribution in [1.29, 1.82) is 0 Å². The zero-order chi connectivity index (χ0) is 17.7. The van der Waals surface area contributed by atoms with Crippen LogP contribution in [0.5, 0.6) is 0 Å². The van der Waals surface area contributed by atoms with Crippen LogP contribution in [0, 0.1) is 0 Å². The average molecular weight is 353 g/mol. The highest BCUT2D eigenvalue weighted by Crippen LogP contribution is 2.20. The van der Waals surface area contributed by atoms with Crippen molar-refractivity contribution in [2.45, 2.75) is 31.7 Å². The molecule has 130 valence electrons. The molecule has 0 unspecified atom stereocenters. The summed E-state index contributed by atoms with van der Waals surface area (Å²) in [5.41, 5.74) is 0.501. The lowest BCUT2D eigenvalue weighted by atomic mass is 10.3. The molecule has 1 aromatic heterocycles. The molecule has 2 rings (SSSR count). The molecule has 0 atom stereocenters. The van der Waals surface area contributed by atoms with Crippen molar-refractivity contribution in [3.8, 4) is 5.69 Å². The van der Waals surface area contributed by atoms with Crippen molar-refractivity contribution >= 4 is 16.0 Å². The lowest BCUT2D eigenvalue weighted by molar-refractivity contribution is -0.143. The zero-order valence-corrected chi connectivity index (χ0v) is 14.5. The third kappa shape index (κ3) is 3.95. The normalized spacial score (nSPS) is 11.9. The van der Waals surface area contributed by atoms with E-state index in [1.54, 1.807) is 32.9 Å². The third-order valence-electron chi connectivity index (χ3n) is 3.20. The molecule has 24 heavy (non-hydrogen) atoms. The minimum absolute atomic E-state index is 0.0495. The van der Waals surface area contributed by atoms with Crippen LogP contribution in [0.25, 0.3) is 5.69 Å². The summed E-state index contributed by atoms with van der Waals surface area (Å²) in [6, 6.07) is 5.78. The van der Waals surface area contributed by atoms with Crippen LogP contribution in [0.4, 0.5) is 0 Å². The molecular formula is C14H19N5O4S. The van der Waals surface area contributed by atoms with Gasteiger partial charge in [-0.15, -0.1) is 5.10 Å². The molecule has 0 bridgehead atoms. The summed E-state index contributed by atoms with van der Waals surface area (Å²) < 4.78 is 33.1. The van der Waals surface area contributed by atoms with Gasteiger partial charge in [0.15, 0.2) is 0 Å². The highest BCUT2D eigenvalue weighted by atomic mass is 32.2. The van der Waals surface area contributed by atoms with Crippen LogP contribution in [0.2, 0.25) is 0 Å². The molecule has 0 saturated heterocycles. The molecule has 0 N–H and O–H groups in total. The number of hydrogen-bond acceptors (Lipinski definition) is 7. The second-order valence-corrected chi connectivity index (χ2v) is 7.09. The van der Waals surface area contributed by atoms with E-state index in [0.29, 0.717) is 5.69 Å². The number of rotatable bonds is 7. The molecule has 0 saturated carbocycles. The first-order valence-electron chi connectivity index (χ1n) is 7.37. The van der Waals surface area contributed by atoms with Gasteiger partial charge in [-0.2, -0.15) is 4.31 Å². The van der Waals surface area contributed by atoms with E-state index < -0.39 is 22.0 Å². The number of carbonyl (C=O) groups is 1. The molecule has 2 aromatic rings. The third-order valence-corrected chi connectivity index (χ3v) is 5.22. The van der Waals surface area contributed by atoms with Crippen LogP contribution < -0.4 is 0 Å². The SMILES string of the molecule is CCOC(=O)CN(C(C)C)S(=O)(=O)c1cccc(-n2cnnn2)c1. The molecule has 0 aliphatic heterocycles. The van der Waals surface area contributed by atoms with Gasteiger partial charge in [-0.3, -0.25) is 4.79 Å². The molecule has 9 nitrogen and oxygen atoms in total. The standard InChI is InChI=1S/C14H19N5O4S/c1-4-23-14(20)9-19(11(2)3)24(21,22)13-7-5-6-12(8-13)18-10-15-16-17-18/h5-8,10-11H,4,9H2,1-3H3. The van der Waals surface area contributed by atoms with Gasteiger partial charge < -0.3 is 4.74 Å². The van der Waals surface area contributed by atoms with Gasteiger partial charge in [0, 0.05) is 6.04 Å². The lowest BCUT2D eigenvalue weighted by Crippen LogP contribution is -2.41. The van der Waals surface area contributed by atoms with E-state index in [-0.39, 0.29) is 18.0 Å². The number of aromatic nitrogens is 4. The van der Waals surface area contributed by atoms with Crippen molar-refractivity contribution in [2.24, 2.45) is 0 Å². The molecule has 0 aliphatic carbocycles. The zero-order valence-electron chi connectivity index (χ0n) is 13.7. The van der Waals surface area contributed by atoms with E-state index in [2.05, 4.69) is 15.5 Å². The minimum Gasteiger partial charge on any atom is -0.465 e. The second kappa shape index (κ2) is 7.49. The van der Waals surface area contributed by atoms with E-state index in [9.17, 15) is 13.2 Å². The van der Waals surface area contributed by atoms with Gasteiger partial charge in [0.1, 0.15) is 12.9 Å². The van der Waals surface area contributed by atoms with E-state index in [1.807, 2.05) is 0 Å². The van der Waals surface area contributed by atoms with Crippen LogP contribution in [0.15, 0.2) is 35.5 Å². The molecule has 1 aromatic carbocycles. The van der Waals surface area contributed by atoms with Crippen LogP contribution in [-0.2, 0) is 19.6 Å². The maximum atomic E-state index is 12.9. The first-order valence-corrected chi connectivity index (χ1v) is 8.81. The minimum atomic E-state index is -3.88. The Morgan fingerprint density at radius 2 is 2.12 bits per heavy atom. The summed E-state index contributed by atoms with van der Waals surface area (Å²) >= 11 is 0. The quantitative estimate of drug-likeness (QED) is 0.672. The van der Waals surface area contributed by atoms with Crippen LogP contribution in [-0.4, -0.2) is 58.1 Å². The number of nitrogens with zero attached hydrogens (tertiary/aromatic N) is 5. The van der Waals surface area contributed by atoms with Gasteiger partial charge in [-0.25, -0.2) is 13.1 Å². The van der Waals surface area contributed by atoms with Crippen molar-refractivity contribution < 1.29 is 17.9 Å². The fourth-order valence-corrected chi connectivity index (χ4v) is 3.70. The van der Waals surface area contributed by atoms with Gasteiger partial charge in [0.2, 0.25) is 10.0 Å². The number of carbonyl (C=O) groups excluding carboxylic acids is 1. The number of tetrazole rings is 1. The average Bonchev–Trinajstić information content (AvgIpc) is 3.07. The topological polar surface area (TPSA) is 107 Å². The molecule has 0 radical (unpaired) electrons. The predicted molar refractivity (Wildman–Crippen MR) is 84.8 cm³/mol. The number of hydrogen-bond donors (Lipinski definition) is 0. The number of benzene rings is 1. The van der Waals surface area contributed by atoms with Crippen molar-refractivity contribution in [2.75, 3.05) is 13.2 Å². The van der Waals surface area contributed by atoms with Gasteiger partial charge in [-0.1, -0.05) is 6.07 Å². The Morgan fingerprint density at radius 1 is 1.38 bits per heavy atom. The summed E-state index contributed by atoms with van der Waals surface area (Å²) in [5.74, 6) is -0.591. The maximum absolute atomic E-state index is 12.9. The Hall–Kier alpha value is -2.33. The largest absolute Gasteiger partial charge is 0.465 e. The fraction of sp³-hybridized carbons (Fsp3) is 0.429. The Balaban J connectivity index is 2.36. The number of ether oxygens (including phenoxy) is 1. The van der Waals surface area contributed by atoms with Crippen LogP contribution >= 0.6 is 0 Å². The Labute approximate surface area is 140 Å². The Bertz CT molecular complexity index is 789. The molecule has 0 spiro atoms. The summed E-state index contributed by atoms with van der Waals surface area (Å²) in [7, 11) is -3.88. The Morgan fingerprint density at radius 3 is 2.71 bits per heavy atom. The van der Waals surface area contributed by atoms with Gasteiger partial charge in [0.25, 0.3) is 0 Å². The first kappa shape index (κ1) is 18.0. The Kier molecular flexibility index (Phi) is 5.62. The monoisotopic (exact) mass is 353 g/mol. The maximum Gasteiger partial charge on any atom is 0.321 e. The van der Waals surface area contributed by atoms with Gasteiger partial charge in [0.05, 0.1) is 17.2 Å². The van der Waals surface area contributed by atoms with Crippen LogP contribution in [0.3, 0.4) is 0 Å². The van der Waals surface area contributed by atoms with Crippen molar-refractivity contribution in [3.05, 3.63) is 30.6 Å². The van der Waals surface area contributed by atoms with E-state index in [1.165, 1.54) is 23.1 Å². The van der Waals surface area contributed by atoms with E-state index in [0.717, 1.165) is 4.31 Å². The molecule has 10 heteroatoms. The highest BCUT2D eigenvalue weighted by Gasteiger charge is 2.29. The fourth-order valence-electron chi connectivity index (χ4n) is 2.08. The summed E-state index contributed by atoms with van der Waals surface area (Å²) in [6.45, 7) is 4.91. The summed E-state index contributed by atoms with van der Waals surface area (Å²) in [6.07, 6.45) is 1.37. The number of sulfonamides is 1. The molecule has 0 fully saturated rings. The lowest BCUT2D eigenvalue weighted by Gasteiger charge is -2.25. The first-order chi connectivity index (χ1) is 11.4. The molecule has 1 heterocycles. The summed E-state index contributed by atoms with van der Waals surface area (Å²) in [4.78, 5) is 11.8. The van der Waals surface area contributed by atoms with Crippen LogP contribution in [0.1, 0.15) is 20.8 Å². The van der Waals surface area contributed by atoms with Gasteiger partial charge in [-0.05, 0) is 49.4 Å². The smallest absolute Gasteiger partial charge is 0.321 e. The number of esters is 1. The highest BCUT2D eigenvalue weighted by molar-refractivity contribution is 7.89. The molecule has 0 aliphatic rings. The van der Waals surface area contributed by atoms with E-state index in [4.69, 9.17) is 4.74 Å². The van der Waals surface area contributed by atoms with Crippen molar-refractivity contribution in [1.82, 2.24) is 24.5 Å².